The van der Waals surface area contributed by atoms with Crippen LogP contribution >= 0.6 is 0 Å². The molecule has 2 atom stereocenters. The van der Waals surface area contributed by atoms with Gasteiger partial charge in [-0.3, -0.25) is 9.69 Å². The molecule has 0 saturated carbocycles. The highest BCUT2D eigenvalue weighted by Gasteiger charge is 2.34. The standard InChI is InChI=1S/C9H14N4O/c1-6(14)7-5-11-9(10)12-8(7)13-3-2-4-13/h5,7-8H,2-4H2,1H3,(H2,10,12). The maximum Gasteiger partial charge on any atom is 0.216 e. The second kappa shape index (κ2) is 3.49. The molecular weight excluding hydrogens is 180 g/mol. The van der Waals surface area contributed by atoms with Gasteiger partial charge >= 0.3 is 0 Å². The lowest BCUT2D eigenvalue weighted by molar-refractivity contribution is -0.120. The normalized spacial score (nSPS) is 32.2. The number of likely N-dealkylation sites (tertiary alicyclic amines) is 1. The summed E-state index contributed by atoms with van der Waals surface area (Å²) in [7, 11) is 0. The van der Waals surface area contributed by atoms with E-state index in [2.05, 4.69) is 14.9 Å². The van der Waals surface area contributed by atoms with E-state index >= 15 is 0 Å². The number of rotatable bonds is 2. The van der Waals surface area contributed by atoms with Gasteiger partial charge in [0.25, 0.3) is 0 Å². The number of hydrogen-bond donors (Lipinski definition) is 1. The number of hydrogen-bond acceptors (Lipinski definition) is 5. The van der Waals surface area contributed by atoms with Gasteiger partial charge in [-0.15, -0.1) is 0 Å². The molecule has 5 heteroatoms. The van der Waals surface area contributed by atoms with Crippen LogP contribution in [0.2, 0.25) is 0 Å². The Kier molecular flexibility index (Phi) is 2.33. The minimum atomic E-state index is -0.220. The van der Waals surface area contributed by atoms with Crippen molar-refractivity contribution in [1.29, 1.82) is 0 Å². The summed E-state index contributed by atoms with van der Waals surface area (Å²) in [6, 6.07) is 0. The average molecular weight is 194 g/mol. The first-order chi connectivity index (χ1) is 6.68. The molecule has 2 aliphatic heterocycles. The lowest BCUT2D eigenvalue weighted by atomic mass is 9.99. The van der Waals surface area contributed by atoms with E-state index in [-0.39, 0.29) is 23.8 Å². The minimum absolute atomic E-state index is 0.0990. The van der Waals surface area contributed by atoms with E-state index in [1.54, 1.807) is 13.1 Å². The quantitative estimate of drug-likeness (QED) is 0.651. The molecule has 0 aliphatic carbocycles. The van der Waals surface area contributed by atoms with Gasteiger partial charge < -0.3 is 5.73 Å². The molecule has 0 aromatic rings. The average Bonchev–Trinajstić information content (AvgIpc) is 2.00. The van der Waals surface area contributed by atoms with Crippen molar-refractivity contribution in [3.05, 3.63) is 0 Å². The van der Waals surface area contributed by atoms with Crippen molar-refractivity contribution in [2.24, 2.45) is 21.6 Å². The monoisotopic (exact) mass is 194 g/mol. The molecule has 0 amide bonds. The molecule has 2 N–H and O–H groups in total. The van der Waals surface area contributed by atoms with Crippen LogP contribution in [0.5, 0.6) is 0 Å². The van der Waals surface area contributed by atoms with Crippen molar-refractivity contribution < 1.29 is 4.79 Å². The molecule has 0 bridgehead atoms. The highest BCUT2D eigenvalue weighted by Crippen LogP contribution is 2.21. The Morgan fingerprint density at radius 2 is 2.36 bits per heavy atom. The Bertz CT molecular complexity index is 306. The molecular formula is C9H14N4O. The van der Waals surface area contributed by atoms with Crippen LogP contribution in [0.4, 0.5) is 0 Å². The molecule has 0 radical (unpaired) electrons. The summed E-state index contributed by atoms with van der Waals surface area (Å²) >= 11 is 0. The Labute approximate surface area is 82.7 Å². The first-order valence-corrected chi connectivity index (χ1v) is 4.80. The molecule has 1 saturated heterocycles. The van der Waals surface area contributed by atoms with Gasteiger partial charge in [-0.1, -0.05) is 0 Å². The van der Waals surface area contributed by atoms with E-state index in [0.29, 0.717) is 0 Å². The molecule has 0 aromatic carbocycles. The number of carbonyl (C=O) groups is 1. The molecule has 0 spiro atoms. The fourth-order valence-corrected chi connectivity index (χ4v) is 1.71. The van der Waals surface area contributed by atoms with Gasteiger partial charge in [0.1, 0.15) is 11.9 Å². The smallest absolute Gasteiger partial charge is 0.216 e. The van der Waals surface area contributed by atoms with Crippen LogP contribution in [0.3, 0.4) is 0 Å². The zero-order chi connectivity index (χ0) is 10.1. The fraction of sp³-hybridized carbons (Fsp3) is 0.667. The molecule has 2 unspecified atom stereocenters. The topological polar surface area (TPSA) is 71.0 Å². The number of carbonyl (C=O) groups excluding carboxylic acids is 1. The van der Waals surface area contributed by atoms with Crippen molar-refractivity contribution in [1.82, 2.24) is 4.90 Å². The molecule has 5 nitrogen and oxygen atoms in total. The lowest BCUT2D eigenvalue weighted by Gasteiger charge is -2.39. The molecule has 14 heavy (non-hydrogen) atoms. The summed E-state index contributed by atoms with van der Waals surface area (Å²) < 4.78 is 0. The van der Waals surface area contributed by atoms with Crippen LogP contribution < -0.4 is 5.73 Å². The van der Waals surface area contributed by atoms with Crippen LogP contribution in [-0.2, 0) is 4.79 Å². The Morgan fingerprint density at radius 1 is 1.64 bits per heavy atom. The third-order valence-electron chi connectivity index (χ3n) is 2.69. The van der Waals surface area contributed by atoms with Gasteiger partial charge in [0, 0.05) is 19.3 Å². The first kappa shape index (κ1) is 9.33. The van der Waals surface area contributed by atoms with Gasteiger partial charge in [-0.05, 0) is 13.3 Å². The number of nitrogens with zero attached hydrogens (tertiary/aromatic N) is 3. The summed E-state index contributed by atoms with van der Waals surface area (Å²) in [6.07, 6.45) is 2.68. The summed E-state index contributed by atoms with van der Waals surface area (Å²) in [4.78, 5) is 21.6. The number of aliphatic imine (C=N–C) groups is 2. The number of nitrogens with two attached hydrogens (primary N) is 1. The predicted molar refractivity (Wildman–Crippen MR) is 54.3 cm³/mol. The molecule has 0 aromatic heterocycles. The highest BCUT2D eigenvalue weighted by atomic mass is 16.1. The molecule has 1 fully saturated rings. The van der Waals surface area contributed by atoms with Crippen LogP contribution in [0, 0.1) is 5.92 Å². The van der Waals surface area contributed by atoms with Gasteiger partial charge in [0.15, 0.2) is 0 Å². The Hall–Kier alpha value is -1.23. The number of ketones is 1. The van der Waals surface area contributed by atoms with E-state index < -0.39 is 0 Å². The van der Waals surface area contributed by atoms with E-state index in [1.165, 1.54) is 6.42 Å². The third kappa shape index (κ3) is 1.55. The van der Waals surface area contributed by atoms with Gasteiger partial charge in [-0.2, -0.15) is 0 Å². The van der Waals surface area contributed by atoms with E-state index in [4.69, 9.17) is 5.73 Å². The van der Waals surface area contributed by atoms with Crippen LogP contribution in [0.25, 0.3) is 0 Å². The Balaban J connectivity index is 2.16. The second-order valence-electron chi connectivity index (χ2n) is 3.71. The van der Waals surface area contributed by atoms with Gasteiger partial charge in [-0.25, -0.2) is 9.98 Å². The van der Waals surface area contributed by atoms with Crippen molar-refractivity contribution >= 4 is 18.0 Å². The molecule has 2 rings (SSSR count). The maximum absolute atomic E-state index is 11.3. The van der Waals surface area contributed by atoms with Crippen molar-refractivity contribution in [3.8, 4) is 0 Å². The predicted octanol–water partition coefficient (Wildman–Crippen LogP) is -0.377. The first-order valence-electron chi connectivity index (χ1n) is 4.80. The molecule has 2 aliphatic rings. The van der Waals surface area contributed by atoms with Crippen LogP contribution in [0.15, 0.2) is 9.98 Å². The zero-order valence-corrected chi connectivity index (χ0v) is 8.18. The zero-order valence-electron chi connectivity index (χ0n) is 8.18. The van der Waals surface area contributed by atoms with E-state index in [9.17, 15) is 4.79 Å². The summed E-state index contributed by atoms with van der Waals surface area (Å²) in [5, 5.41) is 0. The third-order valence-corrected chi connectivity index (χ3v) is 2.69. The lowest BCUT2D eigenvalue weighted by Crippen LogP contribution is -2.51. The van der Waals surface area contributed by atoms with Crippen LogP contribution in [-0.4, -0.2) is 42.1 Å². The number of Topliss-reactive ketones (excluding diaryl/α,β-unsaturated/α-hetero) is 1. The van der Waals surface area contributed by atoms with Crippen LogP contribution in [0.1, 0.15) is 13.3 Å². The van der Waals surface area contributed by atoms with Crippen molar-refractivity contribution in [2.45, 2.75) is 19.5 Å². The summed E-state index contributed by atoms with van der Waals surface area (Å²) in [6.45, 7) is 3.57. The summed E-state index contributed by atoms with van der Waals surface area (Å²) in [5.74, 6) is 0.156. The number of guanidine groups is 1. The second-order valence-corrected chi connectivity index (χ2v) is 3.71. The Morgan fingerprint density at radius 3 is 2.86 bits per heavy atom. The van der Waals surface area contributed by atoms with Gasteiger partial charge in [0.05, 0.1) is 5.92 Å². The summed E-state index contributed by atoms with van der Waals surface area (Å²) in [5.41, 5.74) is 5.52. The van der Waals surface area contributed by atoms with Gasteiger partial charge in [0.2, 0.25) is 5.96 Å². The fourth-order valence-electron chi connectivity index (χ4n) is 1.71. The highest BCUT2D eigenvalue weighted by molar-refractivity contribution is 6.00. The van der Waals surface area contributed by atoms with E-state index in [0.717, 1.165) is 13.1 Å². The molecule has 2 heterocycles. The largest absolute Gasteiger partial charge is 0.368 e. The SMILES string of the molecule is CC(=O)C1C=NC(N)=NC1N1CCC1. The maximum atomic E-state index is 11.3. The van der Waals surface area contributed by atoms with E-state index in [1.807, 2.05) is 0 Å². The molecule has 76 valence electrons. The van der Waals surface area contributed by atoms with Crippen molar-refractivity contribution in [3.63, 3.8) is 0 Å². The minimum Gasteiger partial charge on any atom is -0.368 e. The van der Waals surface area contributed by atoms with Crippen molar-refractivity contribution in [2.75, 3.05) is 13.1 Å².